The smallest absolute Gasteiger partial charge is 0.253 e. The summed E-state index contributed by atoms with van der Waals surface area (Å²) < 4.78 is 7.44. The summed E-state index contributed by atoms with van der Waals surface area (Å²) in [4.78, 5) is 19.7. The molecule has 0 spiro atoms. The fourth-order valence-electron chi connectivity index (χ4n) is 4.77. The molecule has 7 heteroatoms. The summed E-state index contributed by atoms with van der Waals surface area (Å²) in [7, 11) is 1.68. The molecule has 0 unspecified atom stereocenters. The van der Waals surface area contributed by atoms with Crippen molar-refractivity contribution in [2.75, 3.05) is 49.6 Å². The molecule has 0 aliphatic carbocycles. The van der Waals surface area contributed by atoms with Crippen LogP contribution in [0, 0.1) is 6.92 Å². The van der Waals surface area contributed by atoms with Gasteiger partial charge in [0.25, 0.3) is 5.91 Å². The van der Waals surface area contributed by atoms with Gasteiger partial charge in [0.15, 0.2) is 0 Å². The Morgan fingerprint density at radius 2 is 1.76 bits per heavy atom. The molecule has 0 N–H and O–H groups in total. The topological polar surface area (TPSA) is 53.8 Å². The standard InChI is InChI=1S/C26H31N5O2/c1-20-17-25-30(11-4-12-31(25)27-20)19-21-7-9-22(10-8-21)26(32)29-15-13-28(14-16-29)23-5-3-6-24(18-23)33-2/h3,5-10,17-18H,4,11-16,19H2,1-2H3. The summed E-state index contributed by atoms with van der Waals surface area (Å²) in [6, 6.07) is 18.4. The van der Waals surface area contributed by atoms with Crippen LogP contribution in [0.5, 0.6) is 5.75 Å². The molecule has 33 heavy (non-hydrogen) atoms. The molecule has 172 valence electrons. The van der Waals surface area contributed by atoms with E-state index in [9.17, 15) is 4.79 Å². The summed E-state index contributed by atoms with van der Waals surface area (Å²) in [5, 5.41) is 4.58. The Morgan fingerprint density at radius 1 is 0.970 bits per heavy atom. The maximum absolute atomic E-state index is 13.1. The molecule has 0 bridgehead atoms. The number of anilines is 2. The number of aromatic nitrogens is 2. The van der Waals surface area contributed by atoms with Gasteiger partial charge in [0.1, 0.15) is 11.6 Å². The van der Waals surface area contributed by atoms with Gasteiger partial charge in [-0.25, -0.2) is 4.68 Å². The third-order valence-electron chi connectivity index (χ3n) is 6.56. The number of aryl methyl sites for hydroxylation is 2. The number of fused-ring (bicyclic) bond motifs is 1. The predicted octanol–water partition coefficient (Wildman–Crippen LogP) is 3.57. The molecule has 1 aromatic heterocycles. The molecule has 1 amide bonds. The third kappa shape index (κ3) is 4.53. The number of piperazine rings is 1. The van der Waals surface area contributed by atoms with Crippen molar-refractivity contribution in [1.82, 2.24) is 14.7 Å². The number of amides is 1. The van der Waals surface area contributed by atoms with Crippen LogP contribution in [0.4, 0.5) is 11.5 Å². The normalized spacial score (nSPS) is 16.0. The number of carbonyl (C=O) groups excluding carboxylic acids is 1. The Morgan fingerprint density at radius 3 is 2.52 bits per heavy atom. The minimum atomic E-state index is 0.110. The molecular weight excluding hydrogens is 414 g/mol. The van der Waals surface area contributed by atoms with E-state index in [4.69, 9.17) is 4.74 Å². The molecule has 0 atom stereocenters. The average molecular weight is 446 g/mol. The van der Waals surface area contributed by atoms with Gasteiger partial charge in [-0.15, -0.1) is 0 Å². The Hall–Kier alpha value is -3.48. The lowest BCUT2D eigenvalue weighted by Gasteiger charge is -2.36. The maximum Gasteiger partial charge on any atom is 0.253 e. The van der Waals surface area contributed by atoms with Crippen LogP contribution in [0.2, 0.25) is 0 Å². The highest BCUT2D eigenvalue weighted by atomic mass is 16.5. The van der Waals surface area contributed by atoms with E-state index in [-0.39, 0.29) is 5.91 Å². The van der Waals surface area contributed by atoms with Crippen LogP contribution in [0.3, 0.4) is 0 Å². The van der Waals surface area contributed by atoms with Crippen molar-refractivity contribution in [3.8, 4) is 5.75 Å². The van der Waals surface area contributed by atoms with Crippen molar-refractivity contribution in [1.29, 1.82) is 0 Å². The van der Waals surface area contributed by atoms with Crippen molar-refractivity contribution in [3.05, 3.63) is 71.4 Å². The van der Waals surface area contributed by atoms with Crippen molar-refractivity contribution < 1.29 is 9.53 Å². The first-order valence-electron chi connectivity index (χ1n) is 11.7. The zero-order chi connectivity index (χ0) is 22.8. The molecule has 2 aliphatic heterocycles. The molecule has 1 saturated heterocycles. The molecule has 2 aliphatic rings. The Kier molecular flexibility index (Phi) is 5.94. The van der Waals surface area contributed by atoms with Gasteiger partial charge in [-0.3, -0.25) is 4.79 Å². The van der Waals surface area contributed by atoms with Crippen LogP contribution in [0.1, 0.15) is 28.0 Å². The van der Waals surface area contributed by atoms with Gasteiger partial charge in [-0.1, -0.05) is 18.2 Å². The fourth-order valence-corrected chi connectivity index (χ4v) is 4.77. The second kappa shape index (κ2) is 9.17. The first-order valence-corrected chi connectivity index (χ1v) is 11.7. The SMILES string of the molecule is COc1cccc(N2CCN(C(=O)c3ccc(CN4CCCn5nc(C)cc54)cc3)CC2)c1. The number of hydrogen-bond donors (Lipinski definition) is 0. The fraction of sp³-hybridized carbons (Fsp3) is 0.385. The highest BCUT2D eigenvalue weighted by molar-refractivity contribution is 5.94. The molecule has 7 nitrogen and oxygen atoms in total. The number of hydrogen-bond acceptors (Lipinski definition) is 5. The van der Waals surface area contributed by atoms with Crippen LogP contribution in [0.25, 0.3) is 0 Å². The van der Waals surface area contributed by atoms with E-state index in [1.807, 2.05) is 42.2 Å². The summed E-state index contributed by atoms with van der Waals surface area (Å²) >= 11 is 0. The zero-order valence-corrected chi connectivity index (χ0v) is 19.4. The summed E-state index contributed by atoms with van der Waals surface area (Å²) in [5.74, 6) is 2.15. The third-order valence-corrected chi connectivity index (χ3v) is 6.56. The van der Waals surface area contributed by atoms with E-state index in [2.05, 4.69) is 43.8 Å². The molecule has 3 aromatic rings. The van der Waals surface area contributed by atoms with Crippen molar-refractivity contribution in [3.63, 3.8) is 0 Å². The van der Waals surface area contributed by atoms with Crippen molar-refractivity contribution in [2.45, 2.75) is 26.4 Å². The van der Waals surface area contributed by atoms with Crippen LogP contribution in [-0.4, -0.2) is 60.4 Å². The lowest BCUT2D eigenvalue weighted by molar-refractivity contribution is 0.0746. The molecule has 5 rings (SSSR count). The number of rotatable bonds is 5. The van der Waals surface area contributed by atoms with Crippen molar-refractivity contribution in [2.24, 2.45) is 0 Å². The number of carbonyl (C=O) groups is 1. The van der Waals surface area contributed by atoms with Gasteiger partial charge in [0.05, 0.1) is 12.8 Å². The van der Waals surface area contributed by atoms with Crippen LogP contribution >= 0.6 is 0 Å². The molecule has 0 saturated carbocycles. The predicted molar refractivity (Wildman–Crippen MR) is 130 cm³/mol. The van der Waals surface area contributed by atoms with E-state index < -0.39 is 0 Å². The Labute approximate surface area is 195 Å². The summed E-state index contributed by atoms with van der Waals surface area (Å²) in [5.41, 5.74) is 4.17. The highest BCUT2D eigenvalue weighted by Gasteiger charge is 2.23. The summed E-state index contributed by atoms with van der Waals surface area (Å²) in [6.07, 6.45) is 1.10. The van der Waals surface area contributed by atoms with Crippen LogP contribution in [-0.2, 0) is 13.1 Å². The van der Waals surface area contributed by atoms with Gasteiger partial charge in [-0.2, -0.15) is 5.10 Å². The zero-order valence-electron chi connectivity index (χ0n) is 19.4. The lowest BCUT2D eigenvalue weighted by Crippen LogP contribution is -2.48. The second-order valence-corrected chi connectivity index (χ2v) is 8.82. The molecule has 2 aromatic carbocycles. The average Bonchev–Trinajstić information content (AvgIpc) is 3.25. The van der Waals surface area contributed by atoms with Crippen LogP contribution < -0.4 is 14.5 Å². The Balaban J connectivity index is 1.19. The largest absolute Gasteiger partial charge is 0.497 e. The van der Waals surface area contributed by atoms with E-state index in [0.717, 1.165) is 74.9 Å². The molecule has 0 radical (unpaired) electrons. The second-order valence-electron chi connectivity index (χ2n) is 8.82. The van der Waals surface area contributed by atoms with Gasteiger partial charge in [0, 0.05) is 69.2 Å². The van der Waals surface area contributed by atoms with Crippen LogP contribution in [0.15, 0.2) is 54.6 Å². The number of benzene rings is 2. The van der Waals surface area contributed by atoms with E-state index in [0.29, 0.717) is 0 Å². The molecule has 1 fully saturated rings. The van der Waals surface area contributed by atoms with Gasteiger partial charge in [0.2, 0.25) is 0 Å². The number of ether oxygens (including phenoxy) is 1. The van der Waals surface area contributed by atoms with Gasteiger partial charge >= 0.3 is 0 Å². The van der Waals surface area contributed by atoms with E-state index in [1.54, 1.807) is 7.11 Å². The number of methoxy groups -OCH3 is 1. The summed E-state index contributed by atoms with van der Waals surface area (Å²) in [6.45, 7) is 7.96. The highest BCUT2D eigenvalue weighted by Crippen LogP contribution is 2.25. The molecular formula is C26H31N5O2. The quantitative estimate of drug-likeness (QED) is 0.601. The Bertz CT molecular complexity index is 1120. The first kappa shape index (κ1) is 21.4. The lowest BCUT2D eigenvalue weighted by atomic mass is 10.1. The monoisotopic (exact) mass is 445 g/mol. The van der Waals surface area contributed by atoms with Gasteiger partial charge in [-0.05, 0) is 43.2 Å². The number of nitrogens with zero attached hydrogens (tertiary/aromatic N) is 5. The van der Waals surface area contributed by atoms with Gasteiger partial charge < -0.3 is 19.4 Å². The molecule has 3 heterocycles. The minimum Gasteiger partial charge on any atom is -0.497 e. The maximum atomic E-state index is 13.1. The van der Waals surface area contributed by atoms with E-state index in [1.165, 1.54) is 11.4 Å². The minimum absolute atomic E-state index is 0.110. The first-order chi connectivity index (χ1) is 16.1. The van der Waals surface area contributed by atoms with E-state index >= 15 is 0 Å². The van der Waals surface area contributed by atoms with Crippen molar-refractivity contribution >= 4 is 17.4 Å².